The molecule has 110 valence electrons. The topological polar surface area (TPSA) is 87.8 Å². The van der Waals surface area contributed by atoms with Gasteiger partial charge in [0.05, 0.1) is 0 Å². The van der Waals surface area contributed by atoms with Gasteiger partial charge in [-0.2, -0.15) is 0 Å². The van der Waals surface area contributed by atoms with Gasteiger partial charge in [-0.25, -0.2) is 4.79 Å². The van der Waals surface area contributed by atoms with Crippen molar-refractivity contribution in [1.82, 2.24) is 5.32 Å². The monoisotopic (exact) mass is 278 g/mol. The van der Waals surface area contributed by atoms with Crippen LogP contribution in [0.4, 0.5) is 16.2 Å². The summed E-state index contributed by atoms with van der Waals surface area (Å²) >= 11 is 0. The van der Waals surface area contributed by atoms with Gasteiger partial charge in [-0.1, -0.05) is 6.92 Å². The van der Waals surface area contributed by atoms with Gasteiger partial charge in [0.2, 0.25) is 0 Å². The maximum atomic E-state index is 10.6. The molecule has 0 fully saturated rings. The minimum absolute atomic E-state index is 0.473. The Bertz CT molecular complexity index is 462. The van der Waals surface area contributed by atoms with Crippen LogP contribution in [0.3, 0.4) is 0 Å². The van der Waals surface area contributed by atoms with E-state index in [9.17, 15) is 9.70 Å². The Morgan fingerprint density at radius 3 is 2.70 bits per heavy atom. The predicted molar refractivity (Wildman–Crippen MR) is 81.3 cm³/mol. The molecule has 0 heterocycles. The number of carbonyl (C=O) groups is 1. The number of aryl methyl sites for hydroxylation is 1. The maximum absolute atomic E-state index is 10.6. The first-order valence-corrected chi connectivity index (χ1v) is 6.80. The van der Waals surface area contributed by atoms with Crippen LogP contribution >= 0.6 is 0 Å². The maximum Gasteiger partial charge on any atom is 0.312 e. The van der Waals surface area contributed by atoms with Crippen molar-refractivity contribution in [2.24, 2.45) is 10.9 Å². The summed E-state index contributed by atoms with van der Waals surface area (Å²) < 4.78 is 0. The van der Waals surface area contributed by atoms with Gasteiger partial charge >= 0.3 is 6.03 Å². The zero-order chi connectivity index (χ0) is 15.0. The van der Waals surface area contributed by atoms with Crippen LogP contribution in [0.5, 0.6) is 0 Å². The number of hydrogen-bond donors (Lipinski definition) is 2. The summed E-state index contributed by atoms with van der Waals surface area (Å²) in [5.74, 6) is 0. The number of nitrogens with two attached hydrogens (primary N) is 1. The highest BCUT2D eigenvalue weighted by atomic mass is 16.3. The summed E-state index contributed by atoms with van der Waals surface area (Å²) in [4.78, 5) is 23.4. The van der Waals surface area contributed by atoms with Crippen molar-refractivity contribution < 1.29 is 4.79 Å². The lowest BCUT2D eigenvalue weighted by Crippen LogP contribution is -2.33. The van der Waals surface area contributed by atoms with Crippen molar-refractivity contribution in [3.05, 3.63) is 28.7 Å². The van der Waals surface area contributed by atoms with Gasteiger partial charge in [-0.15, -0.1) is 4.91 Å². The molecule has 0 aliphatic carbocycles. The van der Waals surface area contributed by atoms with E-state index < -0.39 is 6.03 Å². The average molecular weight is 278 g/mol. The molecular formula is C14H22N4O2. The van der Waals surface area contributed by atoms with Crippen molar-refractivity contribution in [2.45, 2.75) is 26.7 Å². The van der Waals surface area contributed by atoms with Crippen LogP contribution in [-0.2, 0) is 0 Å². The number of nitrogens with one attached hydrogen (secondary N) is 1. The number of amides is 2. The number of anilines is 1. The Morgan fingerprint density at radius 1 is 1.40 bits per heavy atom. The summed E-state index contributed by atoms with van der Waals surface area (Å²) in [5, 5.41) is 5.56. The molecule has 0 saturated carbocycles. The molecule has 2 amide bonds. The first-order chi connectivity index (χ1) is 9.58. The second-order valence-electron chi connectivity index (χ2n) is 4.69. The van der Waals surface area contributed by atoms with Gasteiger partial charge in [0, 0.05) is 25.3 Å². The zero-order valence-electron chi connectivity index (χ0n) is 12.1. The SMILES string of the molecule is CCCN(CCCNC(N)=O)c1ccc(N=O)c(C)c1. The fraction of sp³-hybridized carbons (Fsp3) is 0.500. The molecule has 0 atom stereocenters. The number of urea groups is 1. The van der Waals surface area contributed by atoms with Crippen LogP contribution in [0.15, 0.2) is 23.4 Å². The van der Waals surface area contributed by atoms with E-state index in [-0.39, 0.29) is 0 Å². The molecule has 0 radical (unpaired) electrons. The van der Waals surface area contributed by atoms with Crippen molar-refractivity contribution in [2.75, 3.05) is 24.5 Å². The third-order valence-electron chi connectivity index (χ3n) is 3.04. The van der Waals surface area contributed by atoms with Gasteiger partial charge in [-0.3, -0.25) is 0 Å². The summed E-state index contributed by atoms with van der Waals surface area (Å²) in [6.45, 7) is 6.29. The van der Waals surface area contributed by atoms with E-state index in [0.29, 0.717) is 12.2 Å². The molecule has 0 aliphatic heterocycles. The standard InChI is InChI=1S/C14H22N4O2/c1-3-8-18(9-4-7-16-14(15)19)12-5-6-13(17-20)11(2)10-12/h5-6,10H,3-4,7-9H2,1-2H3,(H3,15,16,19). The third-order valence-corrected chi connectivity index (χ3v) is 3.04. The Kier molecular flexibility index (Phi) is 6.49. The fourth-order valence-corrected chi connectivity index (χ4v) is 2.06. The number of nitroso groups, excluding NO2 is 1. The second kappa shape index (κ2) is 8.14. The Labute approximate surface area is 119 Å². The van der Waals surface area contributed by atoms with E-state index in [1.807, 2.05) is 19.1 Å². The molecule has 3 N–H and O–H groups in total. The molecule has 1 aromatic carbocycles. The number of hydrogen-bond acceptors (Lipinski definition) is 4. The minimum atomic E-state index is -0.496. The minimum Gasteiger partial charge on any atom is -0.371 e. The molecule has 6 heteroatoms. The summed E-state index contributed by atoms with van der Waals surface area (Å²) in [5.41, 5.74) is 7.43. The van der Waals surface area contributed by atoms with Crippen LogP contribution < -0.4 is 16.0 Å². The van der Waals surface area contributed by atoms with Crippen molar-refractivity contribution in [3.8, 4) is 0 Å². The second-order valence-corrected chi connectivity index (χ2v) is 4.69. The molecular weight excluding hydrogens is 256 g/mol. The van der Waals surface area contributed by atoms with Gasteiger partial charge in [0.1, 0.15) is 5.69 Å². The van der Waals surface area contributed by atoms with Gasteiger partial charge < -0.3 is 16.0 Å². The van der Waals surface area contributed by atoms with Crippen LogP contribution in [-0.4, -0.2) is 25.7 Å². The smallest absolute Gasteiger partial charge is 0.312 e. The molecule has 20 heavy (non-hydrogen) atoms. The highest BCUT2D eigenvalue weighted by Crippen LogP contribution is 2.24. The van der Waals surface area contributed by atoms with E-state index >= 15 is 0 Å². The van der Waals surface area contributed by atoms with Gasteiger partial charge in [0.15, 0.2) is 0 Å². The number of primary amides is 1. The van der Waals surface area contributed by atoms with E-state index in [1.54, 1.807) is 6.07 Å². The third kappa shape index (κ3) is 4.87. The number of benzene rings is 1. The van der Waals surface area contributed by atoms with Crippen LogP contribution in [0.1, 0.15) is 25.3 Å². The largest absolute Gasteiger partial charge is 0.371 e. The summed E-state index contributed by atoms with van der Waals surface area (Å²) in [6, 6.07) is 5.11. The quantitative estimate of drug-likeness (QED) is 0.566. The lowest BCUT2D eigenvalue weighted by atomic mass is 10.1. The summed E-state index contributed by atoms with van der Waals surface area (Å²) in [7, 11) is 0. The Hall–Kier alpha value is -2.11. The molecule has 0 bridgehead atoms. The van der Waals surface area contributed by atoms with Crippen LogP contribution in [0.2, 0.25) is 0 Å². The Morgan fingerprint density at radius 2 is 2.15 bits per heavy atom. The van der Waals surface area contributed by atoms with E-state index in [2.05, 4.69) is 22.3 Å². The number of carbonyl (C=O) groups excluding carboxylic acids is 1. The lowest BCUT2D eigenvalue weighted by Gasteiger charge is -2.25. The molecule has 0 saturated heterocycles. The van der Waals surface area contributed by atoms with Gasteiger partial charge in [0.25, 0.3) is 0 Å². The van der Waals surface area contributed by atoms with Gasteiger partial charge in [-0.05, 0) is 48.7 Å². The molecule has 1 aromatic rings. The highest BCUT2D eigenvalue weighted by molar-refractivity contribution is 5.71. The molecule has 6 nitrogen and oxygen atoms in total. The van der Waals surface area contributed by atoms with E-state index in [1.165, 1.54) is 0 Å². The molecule has 0 aliphatic rings. The number of rotatable bonds is 8. The number of nitrogens with zero attached hydrogens (tertiary/aromatic N) is 2. The lowest BCUT2D eigenvalue weighted by molar-refractivity contribution is 0.249. The van der Waals surface area contributed by atoms with Crippen LogP contribution in [0.25, 0.3) is 0 Å². The average Bonchev–Trinajstić information content (AvgIpc) is 2.42. The van der Waals surface area contributed by atoms with E-state index in [0.717, 1.165) is 37.2 Å². The predicted octanol–water partition coefficient (Wildman–Crippen LogP) is 2.67. The first kappa shape index (κ1) is 15.9. The van der Waals surface area contributed by atoms with Crippen LogP contribution in [0, 0.1) is 11.8 Å². The van der Waals surface area contributed by atoms with Crippen molar-refractivity contribution in [1.29, 1.82) is 0 Å². The van der Waals surface area contributed by atoms with Crippen molar-refractivity contribution >= 4 is 17.4 Å². The summed E-state index contributed by atoms with van der Waals surface area (Å²) in [6.07, 6.45) is 1.84. The fourth-order valence-electron chi connectivity index (χ4n) is 2.06. The normalized spacial score (nSPS) is 10.1. The van der Waals surface area contributed by atoms with Crippen molar-refractivity contribution in [3.63, 3.8) is 0 Å². The highest BCUT2D eigenvalue weighted by Gasteiger charge is 2.08. The molecule has 0 spiro atoms. The molecule has 0 aromatic heterocycles. The first-order valence-electron chi connectivity index (χ1n) is 6.80. The zero-order valence-corrected chi connectivity index (χ0v) is 12.1. The Balaban J connectivity index is 2.67. The molecule has 1 rings (SSSR count). The molecule has 0 unspecified atom stereocenters. The van der Waals surface area contributed by atoms with E-state index in [4.69, 9.17) is 5.73 Å².